The first-order valence-corrected chi connectivity index (χ1v) is 8.00. The maximum absolute atomic E-state index is 11.9. The standard InChI is InChI=1S/C17H27N3O2/c1-12(2)14(4)18-17(21)19-15-5-7-16(8-6-15)20-9-10-22-13(3)11-20/h5-8,12-14H,9-11H2,1-4H3,(H2,18,19,21). The fourth-order valence-electron chi connectivity index (χ4n) is 2.35. The number of carbonyl (C=O) groups excluding carboxylic acids is 1. The molecule has 0 aliphatic carbocycles. The lowest BCUT2D eigenvalue weighted by atomic mass is 10.1. The summed E-state index contributed by atoms with van der Waals surface area (Å²) >= 11 is 0. The number of morpholine rings is 1. The Morgan fingerprint density at radius 1 is 1.27 bits per heavy atom. The number of hydrogen-bond donors (Lipinski definition) is 2. The number of ether oxygens (including phenoxy) is 1. The van der Waals surface area contributed by atoms with Crippen molar-refractivity contribution < 1.29 is 9.53 Å². The lowest BCUT2D eigenvalue weighted by Crippen LogP contribution is -2.41. The molecule has 0 bridgehead atoms. The van der Waals surface area contributed by atoms with Crippen LogP contribution in [-0.2, 0) is 4.74 Å². The minimum atomic E-state index is -0.158. The van der Waals surface area contributed by atoms with E-state index in [0.717, 1.165) is 31.1 Å². The smallest absolute Gasteiger partial charge is 0.319 e. The van der Waals surface area contributed by atoms with Gasteiger partial charge >= 0.3 is 6.03 Å². The van der Waals surface area contributed by atoms with Gasteiger partial charge in [-0.1, -0.05) is 13.8 Å². The number of hydrogen-bond acceptors (Lipinski definition) is 3. The average molecular weight is 305 g/mol. The van der Waals surface area contributed by atoms with Gasteiger partial charge in [-0.15, -0.1) is 0 Å². The van der Waals surface area contributed by atoms with E-state index in [1.165, 1.54) is 0 Å². The van der Waals surface area contributed by atoms with E-state index in [-0.39, 0.29) is 18.2 Å². The van der Waals surface area contributed by atoms with E-state index in [4.69, 9.17) is 4.74 Å². The molecule has 1 heterocycles. The van der Waals surface area contributed by atoms with E-state index in [1.54, 1.807) is 0 Å². The molecule has 122 valence electrons. The SMILES string of the molecule is CC1CN(c2ccc(NC(=O)NC(C)C(C)C)cc2)CCO1. The number of rotatable bonds is 4. The highest BCUT2D eigenvalue weighted by molar-refractivity contribution is 5.89. The van der Waals surface area contributed by atoms with E-state index in [2.05, 4.69) is 36.3 Å². The van der Waals surface area contributed by atoms with Crippen LogP contribution in [0, 0.1) is 5.92 Å². The van der Waals surface area contributed by atoms with Crippen LogP contribution >= 0.6 is 0 Å². The molecule has 22 heavy (non-hydrogen) atoms. The van der Waals surface area contributed by atoms with E-state index in [9.17, 15) is 4.79 Å². The lowest BCUT2D eigenvalue weighted by molar-refractivity contribution is 0.0532. The van der Waals surface area contributed by atoms with Gasteiger partial charge in [0.25, 0.3) is 0 Å². The summed E-state index contributed by atoms with van der Waals surface area (Å²) in [6.07, 6.45) is 0.259. The molecule has 1 aliphatic heterocycles. The summed E-state index contributed by atoms with van der Waals surface area (Å²) in [6.45, 7) is 10.8. The summed E-state index contributed by atoms with van der Waals surface area (Å²) in [4.78, 5) is 14.2. The molecule has 1 aromatic rings. The van der Waals surface area contributed by atoms with Crippen LogP contribution in [0.2, 0.25) is 0 Å². The van der Waals surface area contributed by atoms with Gasteiger partial charge in [0.05, 0.1) is 12.7 Å². The minimum absolute atomic E-state index is 0.147. The molecule has 5 heteroatoms. The molecule has 1 aliphatic rings. The molecule has 0 aromatic heterocycles. The average Bonchev–Trinajstić information content (AvgIpc) is 2.47. The molecular formula is C17H27N3O2. The Balaban J connectivity index is 1.90. The van der Waals surface area contributed by atoms with Crippen molar-refractivity contribution in [3.8, 4) is 0 Å². The van der Waals surface area contributed by atoms with Crippen molar-refractivity contribution in [2.24, 2.45) is 5.92 Å². The number of anilines is 2. The van der Waals surface area contributed by atoms with E-state index >= 15 is 0 Å². The van der Waals surface area contributed by atoms with Gasteiger partial charge in [0.2, 0.25) is 0 Å². The molecular weight excluding hydrogens is 278 g/mol. The van der Waals surface area contributed by atoms with Gasteiger partial charge in [0.1, 0.15) is 0 Å². The van der Waals surface area contributed by atoms with Crippen LogP contribution < -0.4 is 15.5 Å². The van der Waals surface area contributed by atoms with Crippen LogP contribution in [0.1, 0.15) is 27.7 Å². The molecule has 5 nitrogen and oxygen atoms in total. The quantitative estimate of drug-likeness (QED) is 0.899. The molecule has 2 amide bonds. The molecule has 0 saturated carbocycles. The first-order valence-electron chi connectivity index (χ1n) is 8.00. The van der Waals surface area contributed by atoms with E-state index in [1.807, 2.05) is 31.2 Å². The number of carbonyl (C=O) groups is 1. The number of urea groups is 1. The van der Waals surface area contributed by atoms with Gasteiger partial charge in [-0.05, 0) is 44.0 Å². The third kappa shape index (κ3) is 4.63. The Kier molecular flexibility index (Phi) is 5.66. The van der Waals surface area contributed by atoms with E-state index in [0.29, 0.717) is 5.92 Å². The molecule has 0 radical (unpaired) electrons. The third-order valence-corrected chi connectivity index (χ3v) is 4.09. The van der Waals surface area contributed by atoms with Crippen LogP contribution in [-0.4, -0.2) is 37.9 Å². The Hall–Kier alpha value is -1.75. The van der Waals surface area contributed by atoms with E-state index < -0.39 is 0 Å². The zero-order valence-electron chi connectivity index (χ0n) is 13.9. The fourth-order valence-corrected chi connectivity index (χ4v) is 2.35. The van der Waals surface area contributed by atoms with Crippen molar-refractivity contribution in [3.05, 3.63) is 24.3 Å². The largest absolute Gasteiger partial charge is 0.375 e. The second kappa shape index (κ2) is 7.49. The zero-order chi connectivity index (χ0) is 16.1. The van der Waals surface area contributed by atoms with Gasteiger partial charge in [-0.25, -0.2) is 4.79 Å². The first kappa shape index (κ1) is 16.6. The predicted octanol–water partition coefficient (Wildman–Crippen LogP) is 3.08. The van der Waals surface area contributed by atoms with Crippen LogP contribution in [0.15, 0.2) is 24.3 Å². The van der Waals surface area contributed by atoms with Crippen LogP contribution in [0.4, 0.5) is 16.2 Å². The Labute approximate surface area is 133 Å². The Bertz CT molecular complexity index is 487. The zero-order valence-corrected chi connectivity index (χ0v) is 13.9. The Morgan fingerprint density at radius 2 is 1.95 bits per heavy atom. The van der Waals surface area contributed by atoms with Gasteiger partial charge in [-0.2, -0.15) is 0 Å². The first-order chi connectivity index (χ1) is 10.5. The summed E-state index contributed by atoms with van der Waals surface area (Å²) < 4.78 is 5.56. The number of nitrogens with one attached hydrogen (secondary N) is 2. The third-order valence-electron chi connectivity index (χ3n) is 4.09. The highest BCUT2D eigenvalue weighted by Crippen LogP contribution is 2.20. The summed E-state index contributed by atoms with van der Waals surface area (Å²) in [5.41, 5.74) is 1.97. The van der Waals surface area contributed by atoms with Crippen molar-refractivity contribution in [2.45, 2.75) is 39.8 Å². The second-order valence-corrected chi connectivity index (χ2v) is 6.31. The molecule has 2 N–H and O–H groups in total. The molecule has 1 fully saturated rings. The maximum atomic E-state index is 11.9. The summed E-state index contributed by atoms with van der Waals surface area (Å²) in [7, 11) is 0. The van der Waals surface area contributed by atoms with Crippen molar-refractivity contribution in [3.63, 3.8) is 0 Å². The van der Waals surface area contributed by atoms with Gasteiger partial charge < -0.3 is 20.3 Å². The van der Waals surface area contributed by atoms with Gasteiger partial charge in [0, 0.05) is 30.5 Å². The molecule has 2 unspecified atom stereocenters. The Morgan fingerprint density at radius 3 is 2.55 bits per heavy atom. The lowest BCUT2D eigenvalue weighted by Gasteiger charge is -2.33. The van der Waals surface area contributed by atoms with Gasteiger partial charge in [-0.3, -0.25) is 0 Å². The summed E-state index contributed by atoms with van der Waals surface area (Å²) in [5, 5.41) is 5.81. The maximum Gasteiger partial charge on any atom is 0.319 e. The number of amides is 2. The molecule has 1 aromatic carbocycles. The molecule has 1 saturated heterocycles. The van der Waals surface area contributed by atoms with Crippen LogP contribution in [0.25, 0.3) is 0 Å². The number of nitrogens with zero attached hydrogens (tertiary/aromatic N) is 1. The van der Waals surface area contributed by atoms with Crippen LogP contribution in [0.3, 0.4) is 0 Å². The summed E-state index contributed by atoms with van der Waals surface area (Å²) in [6, 6.07) is 7.95. The molecule has 2 rings (SSSR count). The van der Waals surface area contributed by atoms with Crippen molar-refractivity contribution >= 4 is 17.4 Å². The molecule has 2 atom stereocenters. The summed E-state index contributed by atoms with van der Waals surface area (Å²) in [5.74, 6) is 0.413. The normalized spacial score (nSPS) is 19.9. The highest BCUT2D eigenvalue weighted by Gasteiger charge is 2.17. The van der Waals surface area contributed by atoms with Crippen molar-refractivity contribution in [1.29, 1.82) is 0 Å². The highest BCUT2D eigenvalue weighted by atomic mass is 16.5. The topological polar surface area (TPSA) is 53.6 Å². The van der Waals surface area contributed by atoms with Crippen molar-refractivity contribution in [2.75, 3.05) is 29.9 Å². The number of benzene rings is 1. The van der Waals surface area contributed by atoms with Crippen LogP contribution in [0.5, 0.6) is 0 Å². The van der Waals surface area contributed by atoms with Gasteiger partial charge in [0.15, 0.2) is 0 Å². The minimum Gasteiger partial charge on any atom is -0.375 e. The fraction of sp³-hybridized carbons (Fsp3) is 0.588. The monoisotopic (exact) mass is 305 g/mol. The van der Waals surface area contributed by atoms with Crippen molar-refractivity contribution in [1.82, 2.24) is 5.32 Å². The predicted molar refractivity (Wildman–Crippen MR) is 90.5 cm³/mol. The second-order valence-electron chi connectivity index (χ2n) is 6.31. The molecule has 0 spiro atoms.